The Balaban J connectivity index is 0.00000338. The Bertz CT molecular complexity index is 760. The molecule has 2 aromatic rings. The first-order valence-corrected chi connectivity index (χ1v) is 8.17. The third-order valence-electron chi connectivity index (χ3n) is 4.13. The van der Waals surface area contributed by atoms with Crippen molar-refractivity contribution in [1.82, 2.24) is 10.2 Å². The number of amides is 1. The molecule has 1 amide bonds. The zero-order chi connectivity index (χ0) is 18.4. The number of ether oxygens (including phenoxy) is 1. The second-order valence-electron chi connectivity index (χ2n) is 5.93. The molecule has 0 spiro atoms. The highest BCUT2D eigenvalue weighted by molar-refractivity contribution is 5.95. The maximum absolute atomic E-state index is 12.4. The van der Waals surface area contributed by atoms with Gasteiger partial charge in [-0.1, -0.05) is 18.2 Å². The molecule has 0 bridgehead atoms. The van der Waals surface area contributed by atoms with E-state index >= 15 is 0 Å². The minimum Gasteiger partial charge on any atom is -0.465 e. The van der Waals surface area contributed by atoms with Gasteiger partial charge in [0, 0.05) is 25.7 Å². The molecule has 0 aliphatic carbocycles. The standard InChI is InChI=1S/C20H24N2O3.ClH/c1-14-13-17(20(24)25-4)9-10-18(14)15-5-7-16(8-6-15)19(23)22(3)12-11-21-2;/h5-10,13,21H,11-12H2,1-4H3;1H. The number of likely N-dealkylation sites (N-methyl/N-ethyl adjacent to an activating group) is 2. The molecule has 1 N–H and O–H groups in total. The Labute approximate surface area is 160 Å². The smallest absolute Gasteiger partial charge is 0.337 e. The van der Waals surface area contributed by atoms with Crippen LogP contribution in [0, 0.1) is 6.92 Å². The number of halogens is 1. The Kier molecular flexibility index (Phi) is 8.29. The van der Waals surface area contributed by atoms with Gasteiger partial charge in [0.15, 0.2) is 0 Å². The van der Waals surface area contributed by atoms with Gasteiger partial charge >= 0.3 is 5.97 Å². The Hall–Kier alpha value is -2.37. The third kappa shape index (κ3) is 5.07. The first-order valence-electron chi connectivity index (χ1n) is 8.17. The van der Waals surface area contributed by atoms with Crippen LogP contribution in [0.1, 0.15) is 26.3 Å². The lowest BCUT2D eigenvalue weighted by Gasteiger charge is -2.17. The summed E-state index contributed by atoms with van der Waals surface area (Å²) in [5.74, 6) is -0.347. The lowest BCUT2D eigenvalue weighted by Crippen LogP contribution is -2.32. The molecule has 0 unspecified atom stereocenters. The predicted molar refractivity (Wildman–Crippen MR) is 106 cm³/mol. The van der Waals surface area contributed by atoms with Crippen molar-refractivity contribution in [3.05, 3.63) is 59.2 Å². The topological polar surface area (TPSA) is 58.6 Å². The van der Waals surface area contributed by atoms with Gasteiger partial charge < -0.3 is 15.0 Å². The number of rotatable bonds is 6. The van der Waals surface area contributed by atoms with Crippen LogP contribution >= 0.6 is 12.4 Å². The summed E-state index contributed by atoms with van der Waals surface area (Å²) in [5.41, 5.74) is 4.19. The molecule has 0 fully saturated rings. The number of hydrogen-bond acceptors (Lipinski definition) is 4. The van der Waals surface area contributed by atoms with Crippen LogP contribution in [0.3, 0.4) is 0 Å². The minimum atomic E-state index is -0.347. The quantitative estimate of drug-likeness (QED) is 0.787. The van der Waals surface area contributed by atoms with Gasteiger partial charge in [-0.2, -0.15) is 0 Å². The van der Waals surface area contributed by atoms with Crippen LogP contribution in [0.4, 0.5) is 0 Å². The number of hydrogen-bond donors (Lipinski definition) is 1. The van der Waals surface area contributed by atoms with Crippen LogP contribution in [-0.4, -0.2) is 51.1 Å². The molecule has 0 heterocycles. The molecule has 0 aliphatic rings. The second-order valence-corrected chi connectivity index (χ2v) is 5.93. The number of carbonyl (C=O) groups is 2. The molecule has 5 nitrogen and oxygen atoms in total. The average Bonchev–Trinajstić information content (AvgIpc) is 2.64. The number of nitrogens with one attached hydrogen (secondary N) is 1. The van der Waals surface area contributed by atoms with Gasteiger partial charge in [-0.05, 0) is 54.9 Å². The van der Waals surface area contributed by atoms with Crippen molar-refractivity contribution in [3.63, 3.8) is 0 Å². The molecule has 6 heteroatoms. The van der Waals surface area contributed by atoms with Gasteiger partial charge in [-0.25, -0.2) is 4.79 Å². The Morgan fingerprint density at radius 2 is 1.69 bits per heavy atom. The number of carbonyl (C=O) groups excluding carboxylic acids is 2. The van der Waals surface area contributed by atoms with E-state index in [1.165, 1.54) is 7.11 Å². The monoisotopic (exact) mass is 376 g/mol. The van der Waals surface area contributed by atoms with E-state index in [1.807, 2.05) is 50.4 Å². The Morgan fingerprint density at radius 1 is 1.08 bits per heavy atom. The first kappa shape index (κ1) is 21.7. The fraction of sp³-hybridized carbons (Fsp3) is 0.300. The average molecular weight is 377 g/mol. The van der Waals surface area contributed by atoms with E-state index in [1.54, 1.807) is 18.0 Å². The van der Waals surface area contributed by atoms with Crippen LogP contribution in [-0.2, 0) is 4.74 Å². The van der Waals surface area contributed by atoms with Crippen LogP contribution in [0.25, 0.3) is 11.1 Å². The molecule has 0 aromatic heterocycles. The third-order valence-corrected chi connectivity index (χ3v) is 4.13. The summed E-state index contributed by atoms with van der Waals surface area (Å²) in [4.78, 5) is 25.7. The molecule has 0 radical (unpaired) electrons. The summed E-state index contributed by atoms with van der Waals surface area (Å²) in [6.45, 7) is 3.36. The Morgan fingerprint density at radius 3 is 2.23 bits per heavy atom. The number of aryl methyl sites for hydroxylation is 1. The number of benzene rings is 2. The zero-order valence-electron chi connectivity index (χ0n) is 15.5. The lowest BCUT2D eigenvalue weighted by atomic mass is 9.97. The molecule has 0 saturated heterocycles. The van der Waals surface area contributed by atoms with E-state index in [9.17, 15) is 9.59 Å². The van der Waals surface area contributed by atoms with Crippen molar-refractivity contribution in [2.24, 2.45) is 0 Å². The fourth-order valence-corrected chi connectivity index (χ4v) is 2.63. The summed E-state index contributed by atoms with van der Waals surface area (Å²) in [5, 5.41) is 3.03. The van der Waals surface area contributed by atoms with Crippen molar-refractivity contribution in [1.29, 1.82) is 0 Å². The first-order chi connectivity index (χ1) is 12.0. The number of esters is 1. The summed E-state index contributed by atoms with van der Waals surface area (Å²) in [6, 6.07) is 13.0. The van der Waals surface area contributed by atoms with Gasteiger partial charge in [-0.3, -0.25) is 4.79 Å². The highest BCUT2D eigenvalue weighted by Gasteiger charge is 2.12. The normalized spacial score (nSPS) is 10.0. The molecule has 0 saturated carbocycles. The second kappa shape index (κ2) is 9.94. The van der Waals surface area contributed by atoms with Crippen molar-refractivity contribution in [2.45, 2.75) is 6.92 Å². The van der Waals surface area contributed by atoms with Gasteiger partial charge in [0.1, 0.15) is 0 Å². The summed E-state index contributed by atoms with van der Waals surface area (Å²) in [7, 11) is 5.03. The van der Waals surface area contributed by atoms with Gasteiger partial charge in [0.25, 0.3) is 5.91 Å². The van der Waals surface area contributed by atoms with Gasteiger partial charge in [0.05, 0.1) is 12.7 Å². The number of nitrogens with zero attached hydrogens (tertiary/aromatic N) is 1. The minimum absolute atomic E-state index is 0. The van der Waals surface area contributed by atoms with Crippen molar-refractivity contribution >= 4 is 24.3 Å². The van der Waals surface area contributed by atoms with Crippen molar-refractivity contribution in [2.75, 3.05) is 34.3 Å². The molecule has 0 atom stereocenters. The maximum Gasteiger partial charge on any atom is 0.337 e. The van der Waals surface area contributed by atoms with Crippen LogP contribution in [0.5, 0.6) is 0 Å². The molecule has 26 heavy (non-hydrogen) atoms. The molecule has 0 aliphatic heterocycles. The summed E-state index contributed by atoms with van der Waals surface area (Å²) in [6.07, 6.45) is 0. The molecule has 2 rings (SSSR count). The van der Waals surface area contributed by atoms with Crippen molar-refractivity contribution < 1.29 is 14.3 Å². The van der Waals surface area contributed by atoms with E-state index in [0.29, 0.717) is 17.7 Å². The van der Waals surface area contributed by atoms with E-state index in [0.717, 1.165) is 23.2 Å². The largest absolute Gasteiger partial charge is 0.465 e. The zero-order valence-corrected chi connectivity index (χ0v) is 16.4. The maximum atomic E-state index is 12.4. The molecule has 2 aromatic carbocycles. The molecular formula is C20H25ClN2O3. The molecular weight excluding hydrogens is 352 g/mol. The van der Waals surface area contributed by atoms with Gasteiger partial charge in [0.2, 0.25) is 0 Å². The summed E-state index contributed by atoms with van der Waals surface area (Å²) < 4.78 is 4.74. The van der Waals surface area contributed by atoms with Crippen LogP contribution in [0.2, 0.25) is 0 Å². The fourth-order valence-electron chi connectivity index (χ4n) is 2.63. The van der Waals surface area contributed by atoms with Crippen molar-refractivity contribution in [3.8, 4) is 11.1 Å². The van der Waals surface area contributed by atoms with Crippen LogP contribution < -0.4 is 5.32 Å². The van der Waals surface area contributed by atoms with Gasteiger partial charge in [-0.15, -0.1) is 12.4 Å². The highest BCUT2D eigenvalue weighted by Crippen LogP contribution is 2.25. The highest BCUT2D eigenvalue weighted by atomic mass is 35.5. The van der Waals surface area contributed by atoms with E-state index < -0.39 is 0 Å². The lowest BCUT2D eigenvalue weighted by molar-refractivity contribution is 0.0600. The van der Waals surface area contributed by atoms with E-state index in [4.69, 9.17) is 4.74 Å². The van der Waals surface area contributed by atoms with E-state index in [-0.39, 0.29) is 24.3 Å². The van der Waals surface area contributed by atoms with Crippen LogP contribution in [0.15, 0.2) is 42.5 Å². The van der Waals surface area contributed by atoms with E-state index in [2.05, 4.69) is 5.32 Å². The number of methoxy groups -OCH3 is 1. The molecule has 140 valence electrons. The summed E-state index contributed by atoms with van der Waals surface area (Å²) >= 11 is 0. The predicted octanol–water partition coefficient (Wildman–Crippen LogP) is 3.16. The SMILES string of the molecule is CNCCN(C)C(=O)c1ccc(-c2ccc(C(=O)OC)cc2C)cc1.Cl.